The fourth-order valence-corrected chi connectivity index (χ4v) is 4.92. The highest BCUT2D eigenvalue weighted by Gasteiger charge is 2.29. The van der Waals surface area contributed by atoms with Crippen LogP contribution in [0.4, 0.5) is 15.9 Å². The van der Waals surface area contributed by atoms with Crippen molar-refractivity contribution in [3.8, 4) is 11.8 Å². The summed E-state index contributed by atoms with van der Waals surface area (Å²) in [5, 5.41) is 10.5. The second kappa shape index (κ2) is 11.1. The maximum atomic E-state index is 14.2. The van der Waals surface area contributed by atoms with Gasteiger partial charge in [-0.05, 0) is 52.1 Å². The number of allylic oxidation sites excluding steroid dienone is 1. The second-order valence-electron chi connectivity index (χ2n) is 9.68. The fraction of sp³-hybridized carbons (Fsp3) is 0.500. The molecule has 0 spiro atoms. The quantitative estimate of drug-likeness (QED) is 0.435. The minimum atomic E-state index is -0.632. The van der Waals surface area contributed by atoms with Gasteiger partial charge in [0.15, 0.2) is 11.6 Å². The number of benzene rings is 1. The fourth-order valence-electron chi connectivity index (χ4n) is 4.92. The Morgan fingerprint density at radius 1 is 1.17 bits per heavy atom. The van der Waals surface area contributed by atoms with Gasteiger partial charge in [0.25, 0.3) is 0 Å². The lowest BCUT2D eigenvalue weighted by atomic mass is 10.0. The van der Waals surface area contributed by atoms with Crippen LogP contribution in [0.15, 0.2) is 24.4 Å². The van der Waals surface area contributed by atoms with Gasteiger partial charge in [-0.3, -0.25) is 4.79 Å². The number of phenolic OH excluding ortho intramolecular Hbond substituents is 1. The molecule has 9 nitrogen and oxygen atoms in total. The van der Waals surface area contributed by atoms with Crippen LogP contribution in [-0.4, -0.2) is 90.6 Å². The molecule has 0 saturated carbocycles. The minimum absolute atomic E-state index is 0.106. The molecule has 1 N–H and O–H groups in total. The molecule has 0 radical (unpaired) electrons. The summed E-state index contributed by atoms with van der Waals surface area (Å²) >= 11 is 0. The summed E-state index contributed by atoms with van der Waals surface area (Å²) in [5.74, 6) is -0.0954. The number of hydrogen-bond donors (Lipinski definition) is 1. The van der Waals surface area contributed by atoms with Crippen LogP contribution in [-0.2, 0) is 17.8 Å². The van der Waals surface area contributed by atoms with Crippen molar-refractivity contribution in [1.82, 2.24) is 19.8 Å². The van der Waals surface area contributed by atoms with Gasteiger partial charge in [-0.15, -0.1) is 0 Å². The molecule has 2 aliphatic rings. The molecule has 36 heavy (non-hydrogen) atoms. The predicted octanol–water partition coefficient (Wildman–Crippen LogP) is 2.36. The second-order valence-corrected chi connectivity index (χ2v) is 9.68. The summed E-state index contributed by atoms with van der Waals surface area (Å²) in [6.07, 6.45) is 4.68. The standard InChI is InChI=1S/C26H35FN6O3/c1-18-6-7-21(27)24(35)23(18)33-10-8-20-22(17-33)28-26(36-19(2)16-30(3)4)29-25(20)32-13-11-31(12-14-32)9-5-15-34/h5-7,9,15,19,35H,8,10-14,16-17H2,1-4H3/t19-/m1/s1. The molecule has 3 heterocycles. The molecule has 0 unspecified atom stereocenters. The third kappa shape index (κ3) is 5.70. The van der Waals surface area contributed by atoms with Gasteiger partial charge in [0, 0.05) is 51.0 Å². The molecule has 1 fully saturated rings. The van der Waals surface area contributed by atoms with Crippen molar-refractivity contribution < 1.29 is 19.0 Å². The molecule has 4 rings (SSSR count). The highest BCUT2D eigenvalue weighted by atomic mass is 19.1. The largest absolute Gasteiger partial charge is 0.503 e. The zero-order valence-corrected chi connectivity index (χ0v) is 21.4. The number of ether oxygens (including phenoxy) is 1. The zero-order valence-electron chi connectivity index (χ0n) is 21.4. The summed E-state index contributed by atoms with van der Waals surface area (Å²) < 4.78 is 20.3. The lowest BCUT2D eigenvalue weighted by Crippen LogP contribution is -2.45. The van der Waals surface area contributed by atoms with Crippen LogP contribution < -0.4 is 14.5 Å². The van der Waals surface area contributed by atoms with Gasteiger partial charge < -0.3 is 29.4 Å². The minimum Gasteiger partial charge on any atom is -0.503 e. The average molecular weight is 499 g/mol. The smallest absolute Gasteiger partial charge is 0.318 e. The first kappa shape index (κ1) is 25.7. The van der Waals surface area contributed by atoms with E-state index in [1.165, 1.54) is 12.1 Å². The zero-order chi connectivity index (χ0) is 25.8. The van der Waals surface area contributed by atoms with Gasteiger partial charge in [0.1, 0.15) is 18.2 Å². The number of halogens is 1. The van der Waals surface area contributed by atoms with E-state index in [-0.39, 0.29) is 11.9 Å². The van der Waals surface area contributed by atoms with Crippen molar-refractivity contribution in [2.24, 2.45) is 0 Å². The number of hydrogen-bond acceptors (Lipinski definition) is 9. The third-order valence-electron chi connectivity index (χ3n) is 6.56. The van der Waals surface area contributed by atoms with Crippen LogP contribution in [0.2, 0.25) is 0 Å². The van der Waals surface area contributed by atoms with E-state index in [9.17, 15) is 14.3 Å². The van der Waals surface area contributed by atoms with Crippen molar-refractivity contribution >= 4 is 17.8 Å². The molecule has 1 aromatic heterocycles. The SMILES string of the molecule is Cc1ccc(F)c(O)c1N1CCc2c(nc(O[C@H](C)CN(C)C)nc2N2CCN(C=CC=O)CC2)C1. The number of piperazine rings is 1. The topological polar surface area (TPSA) is 85.3 Å². The molecule has 1 aromatic carbocycles. The van der Waals surface area contributed by atoms with E-state index in [0.29, 0.717) is 31.2 Å². The number of aryl methyl sites for hydroxylation is 1. The number of aromatic nitrogens is 2. The van der Waals surface area contributed by atoms with Crippen molar-refractivity contribution in [1.29, 1.82) is 0 Å². The molecule has 2 aliphatic heterocycles. The number of nitrogens with zero attached hydrogens (tertiary/aromatic N) is 6. The Kier molecular flexibility index (Phi) is 7.93. The van der Waals surface area contributed by atoms with E-state index >= 15 is 0 Å². The van der Waals surface area contributed by atoms with E-state index in [2.05, 4.69) is 9.80 Å². The van der Waals surface area contributed by atoms with Gasteiger partial charge >= 0.3 is 6.01 Å². The van der Waals surface area contributed by atoms with Gasteiger partial charge in [-0.25, -0.2) is 4.39 Å². The maximum Gasteiger partial charge on any atom is 0.318 e. The van der Waals surface area contributed by atoms with Gasteiger partial charge in [0.2, 0.25) is 0 Å². The number of likely N-dealkylation sites (N-methyl/N-ethyl adjacent to an activating group) is 1. The Bertz CT molecular complexity index is 1120. The predicted molar refractivity (Wildman–Crippen MR) is 137 cm³/mol. The van der Waals surface area contributed by atoms with E-state index in [4.69, 9.17) is 14.7 Å². The van der Waals surface area contributed by atoms with Crippen molar-refractivity contribution in [3.63, 3.8) is 0 Å². The third-order valence-corrected chi connectivity index (χ3v) is 6.56. The first-order valence-corrected chi connectivity index (χ1v) is 12.3. The number of carbonyl (C=O) groups is 1. The lowest BCUT2D eigenvalue weighted by molar-refractivity contribution is -0.104. The average Bonchev–Trinajstić information content (AvgIpc) is 2.84. The Balaban J connectivity index is 1.65. The lowest BCUT2D eigenvalue weighted by Gasteiger charge is -2.38. The normalized spacial score (nSPS) is 17.0. The Morgan fingerprint density at radius 3 is 2.61 bits per heavy atom. The van der Waals surface area contributed by atoms with Gasteiger partial charge in [0.05, 0.1) is 17.9 Å². The summed E-state index contributed by atoms with van der Waals surface area (Å²) in [6, 6.07) is 3.29. The monoisotopic (exact) mass is 498 g/mol. The number of fused-ring (bicyclic) bond motifs is 1. The highest BCUT2D eigenvalue weighted by Crippen LogP contribution is 2.38. The number of aromatic hydroxyl groups is 1. The van der Waals surface area contributed by atoms with Crippen molar-refractivity contribution in [2.45, 2.75) is 32.9 Å². The number of phenols is 1. The molecule has 0 amide bonds. The number of rotatable bonds is 8. The van der Waals surface area contributed by atoms with Crippen LogP contribution in [0.1, 0.15) is 23.7 Å². The van der Waals surface area contributed by atoms with Gasteiger partial charge in [-0.1, -0.05) is 6.07 Å². The maximum absolute atomic E-state index is 14.2. The first-order chi connectivity index (χ1) is 17.3. The molecule has 0 bridgehead atoms. The van der Waals surface area contributed by atoms with E-state index in [1.807, 2.05) is 43.9 Å². The molecule has 1 atom stereocenters. The van der Waals surface area contributed by atoms with E-state index < -0.39 is 5.82 Å². The molecule has 0 aliphatic carbocycles. The Labute approximate surface area is 211 Å². The number of anilines is 2. The molecule has 10 heteroatoms. The van der Waals surface area contributed by atoms with Crippen LogP contribution in [0.25, 0.3) is 0 Å². The van der Waals surface area contributed by atoms with Crippen molar-refractivity contribution in [2.75, 3.05) is 63.2 Å². The summed E-state index contributed by atoms with van der Waals surface area (Å²) in [7, 11) is 3.98. The van der Waals surface area contributed by atoms with Crippen LogP contribution in [0.5, 0.6) is 11.8 Å². The Hall–Kier alpha value is -3.40. The van der Waals surface area contributed by atoms with E-state index in [1.54, 1.807) is 6.07 Å². The molecule has 194 valence electrons. The Morgan fingerprint density at radius 2 is 1.92 bits per heavy atom. The summed E-state index contributed by atoms with van der Waals surface area (Å²) in [5.41, 5.74) is 3.19. The summed E-state index contributed by atoms with van der Waals surface area (Å²) in [6.45, 7) is 8.67. The molecule has 1 saturated heterocycles. The van der Waals surface area contributed by atoms with Gasteiger partial charge in [-0.2, -0.15) is 9.97 Å². The summed E-state index contributed by atoms with van der Waals surface area (Å²) in [4.78, 5) is 28.7. The molecular weight excluding hydrogens is 463 g/mol. The number of carbonyl (C=O) groups excluding carboxylic acids is 1. The van der Waals surface area contributed by atoms with Crippen molar-refractivity contribution in [3.05, 3.63) is 47.0 Å². The van der Waals surface area contributed by atoms with E-state index in [0.717, 1.165) is 61.6 Å². The van der Waals surface area contributed by atoms with Crippen LogP contribution in [0, 0.1) is 12.7 Å². The van der Waals surface area contributed by atoms with Crippen LogP contribution >= 0.6 is 0 Å². The number of aldehydes is 1. The first-order valence-electron chi connectivity index (χ1n) is 12.3. The molecular formula is C26H35FN6O3. The highest BCUT2D eigenvalue weighted by molar-refractivity contribution is 5.65. The van der Waals surface area contributed by atoms with Crippen LogP contribution in [0.3, 0.4) is 0 Å². The molecule has 2 aromatic rings.